The molecule has 0 unspecified atom stereocenters. The van der Waals surface area contributed by atoms with Gasteiger partial charge in [-0.2, -0.15) is 0 Å². The van der Waals surface area contributed by atoms with Crippen molar-refractivity contribution in [1.82, 2.24) is 14.7 Å². The third-order valence-electron chi connectivity index (χ3n) is 3.92. The molecule has 1 saturated carbocycles. The molecule has 4 nitrogen and oxygen atoms in total. The predicted octanol–water partition coefficient (Wildman–Crippen LogP) is 3.13. The van der Waals surface area contributed by atoms with Crippen LogP contribution in [0.2, 0.25) is 0 Å². The smallest absolute Gasteiger partial charge is 0.195 e. The summed E-state index contributed by atoms with van der Waals surface area (Å²) in [6.07, 6.45) is 6.09. The number of hydrogen-bond acceptors (Lipinski definition) is 4. The number of aromatic nitrogens is 2. The Morgan fingerprint density at radius 2 is 2.30 bits per heavy atom. The molecule has 110 valence electrons. The molecule has 1 N–H and O–H groups in total. The van der Waals surface area contributed by atoms with Gasteiger partial charge in [0.05, 0.1) is 5.69 Å². The van der Waals surface area contributed by atoms with Crippen LogP contribution in [0.15, 0.2) is 11.6 Å². The van der Waals surface area contributed by atoms with E-state index in [1.165, 1.54) is 37.3 Å². The number of rotatable bonds is 8. The first kappa shape index (κ1) is 13.9. The minimum atomic E-state index is 0.895. The first-order chi connectivity index (χ1) is 9.83. The zero-order valence-corrected chi connectivity index (χ0v) is 13.2. The summed E-state index contributed by atoms with van der Waals surface area (Å²) < 4.78 is 2.25. The van der Waals surface area contributed by atoms with Gasteiger partial charge >= 0.3 is 0 Å². The standard InChI is InChI=1S/C15H24N4S/c1-3-7-16-10-13-14(17-15-19(13)8-9-20-15)18(4-2)11-12-5-6-12/h8-9,12,16H,3-7,10-11H2,1-2H3. The summed E-state index contributed by atoms with van der Waals surface area (Å²) >= 11 is 1.72. The second-order valence-corrected chi connectivity index (χ2v) is 6.47. The van der Waals surface area contributed by atoms with E-state index in [0.717, 1.165) is 30.5 Å². The normalized spacial score (nSPS) is 15.1. The number of anilines is 1. The van der Waals surface area contributed by atoms with E-state index in [1.54, 1.807) is 11.3 Å². The molecule has 1 fully saturated rings. The quantitative estimate of drug-likeness (QED) is 0.759. The molecular weight excluding hydrogens is 268 g/mol. The Hall–Kier alpha value is -1.07. The number of nitrogens with one attached hydrogen (secondary N) is 1. The third-order valence-corrected chi connectivity index (χ3v) is 4.67. The maximum atomic E-state index is 4.87. The summed E-state index contributed by atoms with van der Waals surface area (Å²) in [6, 6.07) is 0. The van der Waals surface area contributed by atoms with Crippen LogP contribution in [0.3, 0.4) is 0 Å². The minimum Gasteiger partial charge on any atom is -0.355 e. The lowest BCUT2D eigenvalue weighted by Crippen LogP contribution is -2.28. The zero-order valence-electron chi connectivity index (χ0n) is 12.4. The van der Waals surface area contributed by atoms with Gasteiger partial charge in [-0.3, -0.25) is 4.40 Å². The first-order valence-corrected chi connectivity index (χ1v) is 8.61. The maximum Gasteiger partial charge on any atom is 0.195 e. The van der Waals surface area contributed by atoms with Gasteiger partial charge in [0.2, 0.25) is 0 Å². The van der Waals surface area contributed by atoms with Gasteiger partial charge < -0.3 is 10.2 Å². The Labute approximate surface area is 124 Å². The fourth-order valence-corrected chi connectivity index (χ4v) is 3.33. The molecule has 0 spiro atoms. The average molecular weight is 292 g/mol. The van der Waals surface area contributed by atoms with E-state index >= 15 is 0 Å². The fraction of sp³-hybridized carbons (Fsp3) is 0.667. The molecule has 0 aromatic carbocycles. The van der Waals surface area contributed by atoms with Gasteiger partial charge in [-0.25, -0.2) is 4.98 Å². The number of imidazole rings is 1. The van der Waals surface area contributed by atoms with Crippen molar-refractivity contribution in [1.29, 1.82) is 0 Å². The first-order valence-electron chi connectivity index (χ1n) is 7.73. The topological polar surface area (TPSA) is 32.6 Å². The summed E-state index contributed by atoms with van der Waals surface area (Å²) in [6.45, 7) is 8.62. The molecular formula is C15H24N4S. The minimum absolute atomic E-state index is 0.895. The molecule has 20 heavy (non-hydrogen) atoms. The lowest BCUT2D eigenvalue weighted by molar-refractivity contribution is 0.654. The Morgan fingerprint density at radius 1 is 1.45 bits per heavy atom. The number of thiazole rings is 1. The average Bonchev–Trinajstić information content (AvgIpc) is 3.04. The van der Waals surface area contributed by atoms with Gasteiger partial charge in [0, 0.05) is 31.2 Å². The molecule has 0 bridgehead atoms. The molecule has 0 atom stereocenters. The third kappa shape index (κ3) is 2.83. The van der Waals surface area contributed by atoms with E-state index in [1.807, 2.05) is 0 Å². The van der Waals surface area contributed by atoms with E-state index in [9.17, 15) is 0 Å². The van der Waals surface area contributed by atoms with Crippen LogP contribution in [0.4, 0.5) is 5.82 Å². The largest absolute Gasteiger partial charge is 0.355 e. The highest BCUT2D eigenvalue weighted by molar-refractivity contribution is 7.15. The zero-order chi connectivity index (χ0) is 13.9. The van der Waals surface area contributed by atoms with Gasteiger partial charge in [0.15, 0.2) is 10.8 Å². The number of nitrogens with zero attached hydrogens (tertiary/aromatic N) is 3. The van der Waals surface area contributed by atoms with Gasteiger partial charge in [0.25, 0.3) is 0 Å². The second kappa shape index (κ2) is 6.14. The van der Waals surface area contributed by atoms with E-state index in [-0.39, 0.29) is 0 Å². The molecule has 1 aliphatic carbocycles. The van der Waals surface area contributed by atoms with E-state index in [0.29, 0.717) is 0 Å². The summed E-state index contributed by atoms with van der Waals surface area (Å²) in [4.78, 5) is 8.44. The summed E-state index contributed by atoms with van der Waals surface area (Å²) in [7, 11) is 0. The van der Waals surface area contributed by atoms with Gasteiger partial charge in [-0.15, -0.1) is 11.3 Å². The van der Waals surface area contributed by atoms with Crippen LogP contribution in [-0.4, -0.2) is 29.0 Å². The molecule has 5 heteroatoms. The molecule has 0 amide bonds. The van der Waals surface area contributed by atoms with Crippen molar-refractivity contribution in [2.24, 2.45) is 5.92 Å². The second-order valence-electron chi connectivity index (χ2n) is 5.60. The van der Waals surface area contributed by atoms with E-state index < -0.39 is 0 Å². The van der Waals surface area contributed by atoms with Crippen LogP contribution in [-0.2, 0) is 6.54 Å². The summed E-state index contributed by atoms with van der Waals surface area (Å²) in [5.41, 5.74) is 1.32. The summed E-state index contributed by atoms with van der Waals surface area (Å²) in [5, 5.41) is 5.64. The van der Waals surface area contributed by atoms with Crippen molar-refractivity contribution in [3.05, 3.63) is 17.3 Å². The van der Waals surface area contributed by atoms with Crippen LogP contribution in [0.25, 0.3) is 4.96 Å². The highest BCUT2D eigenvalue weighted by Crippen LogP contribution is 2.32. The lowest BCUT2D eigenvalue weighted by atomic mass is 10.3. The SMILES string of the molecule is CCCNCc1c(N(CC)CC2CC2)nc2sccn12. The van der Waals surface area contributed by atoms with Crippen LogP contribution in [0.1, 0.15) is 38.8 Å². The van der Waals surface area contributed by atoms with Crippen LogP contribution in [0.5, 0.6) is 0 Å². The fourth-order valence-electron chi connectivity index (χ4n) is 2.60. The Balaban J connectivity index is 1.86. The molecule has 2 aromatic rings. The molecule has 2 aromatic heterocycles. The van der Waals surface area contributed by atoms with E-state index in [4.69, 9.17) is 4.98 Å². The number of hydrogen-bond donors (Lipinski definition) is 1. The van der Waals surface area contributed by atoms with Crippen LogP contribution in [0, 0.1) is 5.92 Å². The highest BCUT2D eigenvalue weighted by Gasteiger charge is 2.26. The van der Waals surface area contributed by atoms with Crippen LogP contribution >= 0.6 is 11.3 Å². The molecule has 0 radical (unpaired) electrons. The van der Waals surface area contributed by atoms with Crippen molar-refractivity contribution < 1.29 is 0 Å². The monoisotopic (exact) mass is 292 g/mol. The van der Waals surface area contributed by atoms with Gasteiger partial charge in [0.1, 0.15) is 0 Å². The molecule has 0 saturated heterocycles. The van der Waals surface area contributed by atoms with Crippen molar-refractivity contribution in [3.63, 3.8) is 0 Å². The summed E-state index contributed by atoms with van der Waals surface area (Å²) in [5.74, 6) is 2.08. The molecule has 0 aliphatic heterocycles. The maximum absolute atomic E-state index is 4.87. The Bertz CT molecular complexity index is 555. The van der Waals surface area contributed by atoms with Crippen molar-refractivity contribution in [2.75, 3.05) is 24.5 Å². The van der Waals surface area contributed by atoms with Crippen molar-refractivity contribution in [3.8, 4) is 0 Å². The molecule has 3 rings (SSSR count). The highest BCUT2D eigenvalue weighted by atomic mass is 32.1. The van der Waals surface area contributed by atoms with Crippen molar-refractivity contribution in [2.45, 2.75) is 39.7 Å². The lowest BCUT2D eigenvalue weighted by Gasteiger charge is -2.22. The molecule has 1 aliphatic rings. The molecule has 2 heterocycles. The number of fused-ring (bicyclic) bond motifs is 1. The van der Waals surface area contributed by atoms with E-state index in [2.05, 4.69) is 40.0 Å². The predicted molar refractivity (Wildman–Crippen MR) is 85.7 cm³/mol. The van der Waals surface area contributed by atoms with Crippen LogP contribution < -0.4 is 10.2 Å². The van der Waals surface area contributed by atoms with Gasteiger partial charge in [-0.05, 0) is 38.6 Å². The Morgan fingerprint density at radius 3 is 3.00 bits per heavy atom. The van der Waals surface area contributed by atoms with Gasteiger partial charge in [-0.1, -0.05) is 6.92 Å². The van der Waals surface area contributed by atoms with Crippen molar-refractivity contribution >= 4 is 22.1 Å². The Kier molecular flexibility index (Phi) is 4.27.